The fourth-order valence-electron chi connectivity index (χ4n) is 3.57. The normalized spacial score (nSPS) is 11.9. The van der Waals surface area contributed by atoms with Crippen LogP contribution in [0.1, 0.15) is 11.1 Å². The molecule has 7 nitrogen and oxygen atoms in total. The maximum atomic E-state index is 10.8. The van der Waals surface area contributed by atoms with E-state index >= 15 is 0 Å². The molecule has 164 valence electrons. The molecular formula is C25H28N6O. The lowest BCUT2D eigenvalue weighted by atomic mass is 10.0. The number of nitrogens with two attached hydrogens (primary N) is 1. The molecule has 2 aromatic carbocycles. The number of nitrogens with zero attached hydrogens (tertiary/aromatic N) is 4. The van der Waals surface area contributed by atoms with Crippen LogP contribution in [0.3, 0.4) is 0 Å². The molecule has 0 aliphatic rings. The van der Waals surface area contributed by atoms with Crippen molar-refractivity contribution < 1.29 is 5.11 Å². The zero-order valence-corrected chi connectivity index (χ0v) is 18.6. The van der Waals surface area contributed by atoms with Crippen LogP contribution in [0.5, 0.6) is 5.88 Å². The first-order valence-corrected chi connectivity index (χ1v) is 10.5. The van der Waals surface area contributed by atoms with Crippen LogP contribution in [0.25, 0.3) is 10.9 Å². The van der Waals surface area contributed by atoms with Crippen LogP contribution >= 0.6 is 0 Å². The number of fused-ring (bicyclic) bond motifs is 1. The summed E-state index contributed by atoms with van der Waals surface area (Å²) in [6.45, 7) is 1.82. The molecule has 0 aliphatic carbocycles. The lowest BCUT2D eigenvalue weighted by molar-refractivity contribution is 0.416. The number of hydrogen-bond donors (Lipinski definition) is 3. The molecule has 32 heavy (non-hydrogen) atoms. The number of aromatic amines is 1. The Bertz CT molecular complexity index is 1230. The van der Waals surface area contributed by atoms with E-state index in [-0.39, 0.29) is 5.88 Å². The molecule has 0 bridgehead atoms. The molecule has 0 amide bonds. The third kappa shape index (κ3) is 4.58. The maximum Gasteiger partial charge on any atom is 0.199 e. The number of nitrogen functional groups attached to an aromatic ring is 1. The number of H-pyrrole nitrogens is 1. The summed E-state index contributed by atoms with van der Waals surface area (Å²) in [5, 5.41) is 11.6. The summed E-state index contributed by atoms with van der Waals surface area (Å²) in [5.41, 5.74) is 10.2. The summed E-state index contributed by atoms with van der Waals surface area (Å²) in [4.78, 5) is 16.8. The van der Waals surface area contributed by atoms with Crippen molar-refractivity contribution in [2.24, 2.45) is 4.99 Å². The Labute approximate surface area is 187 Å². The summed E-state index contributed by atoms with van der Waals surface area (Å²) >= 11 is 0. The number of benzene rings is 2. The van der Waals surface area contributed by atoms with E-state index in [4.69, 9.17) is 10.7 Å². The highest BCUT2D eigenvalue weighted by Crippen LogP contribution is 2.32. The van der Waals surface area contributed by atoms with Gasteiger partial charge in [-0.3, -0.25) is 0 Å². The van der Waals surface area contributed by atoms with E-state index in [0.717, 1.165) is 35.4 Å². The van der Waals surface area contributed by atoms with Crippen LogP contribution in [0.4, 0.5) is 17.2 Å². The Morgan fingerprint density at radius 3 is 2.50 bits per heavy atom. The minimum Gasteiger partial charge on any atom is -0.494 e. The highest BCUT2D eigenvalue weighted by atomic mass is 16.3. The highest BCUT2D eigenvalue weighted by molar-refractivity contribution is 6.22. The molecule has 0 unspecified atom stereocenters. The standard InChI is InChI=1S/C25H28N6O/c1-30(2)13-14-31(3)22-12-10-19(16-27-22)28-24(17-7-5-4-6-8-17)23-20-11-9-18(26)15-21(20)29-25(23)32/h4-12,15-16,29,32H,13-14,26H2,1-3H3. The second-order valence-corrected chi connectivity index (χ2v) is 8.08. The van der Waals surface area contributed by atoms with E-state index in [1.807, 2.05) is 61.6 Å². The average molecular weight is 429 g/mol. The summed E-state index contributed by atoms with van der Waals surface area (Å²) in [6, 6.07) is 19.3. The van der Waals surface area contributed by atoms with Crippen molar-refractivity contribution in [3.8, 4) is 5.88 Å². The second-order valence-electron chi connectivity index (χ2n) is 8.08. The molecule has 0 atom stereocenters. The van der Waals surface area contributed by atoms with E-state index < -0.39 is 0 Å². The van der Waals surface area contributed by atoms with Gasteiger partial charge in [0.1, 0.15) is 5.82 Å². The fraction of sp³-hybridized carbons (Fsp3) is 0.200. The SMILES string of the molecule is CN(C)CCN(C)c1ccc(N=C(c2ccccc2)c2c(O)[nH]c3cc(N)ccc23)cn1. The van der Waals surface area contributed by atoms with Gasteiger partial charge in [0, 0.05) is 36.8 Å². The molecule has 4 N–H and O–H groups in total. The highest BCUT2D eigenvalue weighted by Gasteiger charge is 2.18. The largest absolute Gasteiger partial charge is 0.494 e. The van der Waals surface area contributed by atoms with E-state index in [0.29, 0.717) is 22.6 Å². The van der Waals surface area contributed by atoms with Gasteiger partial charge in [-0.2, -0.15) is 0 Å². The Morgan fingerprint density at radius 2 is 1.81 bits per heavy atom. The van der Waals surface area contributed by atoms with Crippen molar-refractivity contribution in [3.63, 3.8) is 0 Å². The number of aromatic hydroxyl groups is 1. The predicted octanol–water partition coefficient (Wildman–Crippen LogP) is 4.02. The molecule has 0 saturated heterocycles. The minimum atomic E-state index is 0.0567. The van der Waals surface area contributed by atoms with E-state index in [1.54, 1.807) is 12.3 Å². The van der Waals surface area contributed by atoms with E-state index in [9.17, 15) is 5.11 Å². The van der Waals surface area contributed by atoms with Crippen molar-refractivity contribution in [1.29, 1.82) is 0 Å². The van der Waals surface area contributed by atoms with Gasteiger partial charge < -0.3 is 25.6 Å². The number of nitrogens with one attached hydrogen (secondary N) is 1. The smallest absolute Gasteiger partial charge is 0.199 e. The second kappa shape index (κ2) is 9.11. The van der Waals surface area contributed by atoms with Gasteiger partial charge in [0.05, 0.1) is 28.7 Å². The van der Waals surface area contributed by atoms with Gasteiger partial charge in [0.25, 0.3) is 0 Å². The van der Waals surface area contributed by atoms with Gasteiger partial charge in [-0.25, -0.2) is 9.98 Å². The number of anilines is 2. The van der Waals surface area contributed by atoms with Gasteiger partial charge in [-0.05, 0) is 44.4 Å². The number of pyridine rings is 1. The Balaban J connectivity index is 1.75. The van der Waals surface area contributed by atoms with Crippen LogP contribution in [-0.4, -0.2) is 59.9 Å². The topological polar surface area (TPSA) is 93.8 Å². The third-order valence-electron chi connectivity index (χ3n) is 5.33. The predicted molar refractivity (Wildman–Crippen MR) is 132 cm³/mol. The number of aromatic nitrogens is 2. The number of hydrogen-bond acceptors (Lipinski definition) is 6. The molecule has 2 aromatic heterocycles. The molecule has 0 spiro atoms. The van der Waals surface area contributed by atoms with Crippen LogP contribution in [0.15, 0.2) is 71.9 Å². The molecule has 4 rings (SSSR count). The zero-order chi connectivity index (χ0) is 22.7. The lowest BCUT2D eigenvalue weighted by Gasteiger charge is -2.20. The zero-order valence-electron chi connectivity index (χ0n) is 18.6. The third-order valence-corrected chi connectivity index (χ3v) is 5.33. The monoisotopic (exact) mass is 428 g/mol. The van der Waals surface area contributed by atoms with Gasteiger partial charge in [-0.15, -0.1) is 0 Å². The first-order valence-electron chi connectivity index (χ1n) is 10.5. The van der Waals surface area contributed by atoms with E-state index in [1.165, 1.54) is 0 Å². The molecule has 0 aliphatic heterocycles. The quantitative estimate of drug-likeness (QED) is 0.305. The molecule has 0 radical (unpaired) electrons. The Kier molecular flexibility index (Phi) is 6.09. The van der Waals surface area contributed by atoms with Gasteiger partial charge >= 0.3 is 0 Å². The first-order chi connectivity index (χ1) is 15.4. The Hall–Kier alpha value is -3.84. The molecule has 2 heterocycles. The summed E-state index contributed by atoms with van der Waals surface area (Å²) in [6.07, 6.45) is 1.76. The minimum absolute atomic E-state index is 0.0567. The van der Waals surface area contributed by atoms with Crippen LogP contribution in [0.2, 0.25) is 0 Å². The first kappa shape index (κ1) is 21.4. The lowest BCUT2D eigenvalue weighted by Crippen LogP contribution is -2.28. The fourth-order valence-corrected chi connectivity index (χ4v) is 3.57. The van der Waals surface area contributed by atoms with Crippen molar-refractivity contribution in [2.75, 3.05) is 44.9 Å². The maximum absolute atomic E-state index is 10.8. The number of rotatable bonds is 7. The molecule has 4 aromatic rings. The summed E-state index contributed by atoms with van der Waals surface area (Å²) in [7, 11) is 6.14. The Morgan fingerprint density at radius 1 is 1.03 bits per heavy atom. The number of likely N-dealkylation sites (N-methyl/N-ethyl adjacent to an activating group) is 2. The summed E-state index contributed by atoms with van der Waals surface area (Å²) in [5.74, 6) is 0.943. The average Bonchev–Trinajstić information content (AvgIpc) is 3.11. The number of aliphatic imine (C=N–C) groups is 1. The molecular weight excluding hydrogens is 400 g/mol. The van der Waals surface area contributed by atoms with Gasteiger partial charge in [-0.1, -0.05) is 30.3 Å². The van der Waals surface area contributed by atoms with Crippen molar-refractivity contribution in [2.45, 2.75) is 0 Å². The van der Waals surface area contributed by atoms with Gasteiger partial charge in [0.2, 0.25) is 0 Å². The van der Waals surface area contributed by atoms with E-state index in [2.05, 4.69) is 33.9 Å². The molecule has 7 heteroatoms. The molecule has 0 saturated carbocycles. The van der Waals surface area contributed by atoms with Crippen molar-refractivity contribution in [3.05, 3.63) is 78.0 Å². The van der Waals surface area contributed by atoms with Crippen LogP contribution in [-0.2, 0) is 0 Å². The van der Waals surface area contributed by atoms with Gasteiger partial charge in [0.15, 0.2) is 5.88 Å². The van der Waals surface area contributed by atoms with Crippen molar-refractivity contribution >= 4 is 33.8 Å². The van der Waals surface area contributed by atoms with Crippen LogP contribution < -0.4 is 10.6 Å². The summed E-state index contributed by atoms with van der Waals surface area (Å²) < 4.78 is 0. The molecule has 0 fully saturated rings. The van der Waals surface area contributed by atoms with Crippen LogP contribution in [0, 0.1) is 0 Å². The van der Waals surface area contributed by atoms with Crippen molar-refractivity contribution in [1.82, 2.24) is 14.9 Å².